The van der Waals surface area contributed by atoms with Crippen molar-refractivity contribution in [2.24, 2.45) is 0 Å². The summed E-state index contributed by atoms with van der Waals surface area (Å²) in [6.07, 6.45) is -1.37. The van der Waals surface area contributed by atoms with Gasteiger partial charge >= 0.3 is 12.1 Å². The van der Waals surface area contributed by atoms with Crippen LogP contribution in [0.15, 0.2) is 6.07 Å². The van der Waals surface area contributed by atoms with Gasteiger partial charge in [0.25, 0.3) is 5.69 Å². The zero-order valence-corrected chi connectivity index (χ0v) is 16.9. The van der Waals surface area contributed by atoms with Gasteiger partial charge in [-0.2, -0.15) is 0 Å². The first-order valence-electron chi connectivity index (χ1n) is 8.05. The second-order valence-corrected chi connectivity index (χ2v) is 7.29. The zero-order chi connectivity index (χ0) is 21.8. The Hall–Kier alpha value is -2.69. The molecule has 1 amide bonds. The number of alkyl carbamates (subject to hydrolysis) is 1. The number of nitro benzene ring substituents is 1. The summed E-state index contributed by atoms with van der Waals surface area (Å²) in [7, 11) is 1.01. The number of benzene rings is 1. The van der Waals surface area contributed by atoms with Crippen LogP contribution in [0.3, 0.4) is 0 Å². The van der Waals surface area contributed by atoms with Crippen LogP contribution in [0.25, 0.3) is 0 Å². The molecule has 0 saturated carbocycles. The summed E-state index contributed by atoms with van der Waals surface area (Å²) in [4.78, 5) is 46.0. The SMILES string of the molecule is COC(=O)c1cc([N+](=O)[O-])c(C[C@@H](NC(=O)OC(C)(C)C)C(=O)S)c(C)c1F. The molecule has 28 heavy (non-hydrogen) atoms. The van der Waals surface area contributed by atoms with E-state index in [9.17, 15) is 28.9 Å². The van der Waals surface area contributed by atoms with Gasteiger partial charge in [-0.05, 0) is 33.3 Å². The molecule has 1 aromatic carbocycles. The van der Waals surface area contributed by atoms with Crippen LogP contribution >= 0.6 is 12.6 Å². The number of hydrogen-bond donors (Lipinski definition) is 2. The Balaban J connectivity index is 3.34. The number of nitrogens with zero attached hydrogens (tertiary/aromatic N) is 1. The summed E-state index contributed by atoms with van der Waals surface area (Å²) < 4.78 is 24.0. The largest absolute Gasteiger partial charge is 0.465 e. The van der Waals surface area contributed by atoms with Gasteiger partial charge in [0.15, 0.2) is 0 Å². The second-order valence-electron chi connectivity index (χ2n) is 6.85. The molecule has 1 N–H and O–H groups in total. The van der Waals surface area contributed by atoms with E-state index in [0.29, 0.717) is 0 Å². The molecule has 0 aromatic heterocycles. The Bertz CT molecular complexity index is 821. The first-order chi connectivity index (χ1) is 12.8. The van der Waals surface area contributed by atoms with E-state index in [1.807, 2.05) is 0 Å². The minimum Gasteiger partial charge on any atom is -0.465 e. The van der Waals surface area contributed by atoms with Crippen molar-refractivity contribution in [3.63, 3.8) is 0 Å². The molecule has 0 saturated heterocycles. The maximum Gasteiger partial charge on any atom is 0.408 e. The van der Waals surface area contributed by atoms with Gasteiger partial charge in [-0.3, -0.25) is 14.9 Å². The third kappa shape index (κ3) is 5.91. The molecule has 1 aromatic rings. The van der Waals surface area contributed by atoms with Crippen molar-refractivity contribution in [3.05, 3.63) is 38.7 Å². The lowest BCUT2D eigenvalue weighted by Gasteiger charge is -2.22. The Morgan fingerprint density at radius 1 is 1.36 bits per heavy atom. The molecule has 0 unspecified atom stereocenters. The van der Waals surface area contributed by atoms with Crippen LogP contribution in [0.5, 0.6) is 0 Å². The average Bonchev–Trinajstić information content (AvgIpc) is 2.55. The summed E-state index contributed by atoms with van der Waals surface area (Å²) in [5.74, 6) is -2.10. The van der Waals surface area contributed by atoms with Crippen molar-refractivity contribution >= 4 is 35.5 Å². The summed E-state index contributed by atoms with van der Waals surface area (Å²) in [5, 5.41) is 12.9. The molecule has 0 radical (unpaired) electrons. The molecule has 11 heteroatoms. The number of ether oxygens (including phenoxy) is 2. The van der Waals surface area contributed by atoms with Gasteiger partial charge in [0.2, 0.25) is 5.12 Å². The van der Waals surface area contributed by atoms with Crippen LogP contribution in [-0.4, -0.2) is 40.9 Å². The highest BCUT2D eigenvalue weighted by atomic mass is 32.1. The topological polar surface area (TPSA) is 125 Å². The van der Waals surface area contributed by atoms with Crippen molar-refractivity contribution in [2.75, 3.05) is 7.11 Å². The Kier molecular flexibility index (Phi) is 7.51. The molecule has 0 aliphatic heterocycles. The predicted octanol–water partition coefficient (Wildman–Crippen LogP) is 2.72. The third-order valence-electron chi connectivity index (χ3n) is 3.61. The van der Waals surface area contributed by atoms with Gasteiger partial charge in [0.05, 0.1) is 12.0 Å². The van der Waals surface area contributed by atoms with Crippen molar-refractivity contribution in [1.82, 2.24) is 5.32 Å². The number of methoxy groups -OCH3 is 1. The maximum absolute atomic E-state index is 14.5. The van der Waals surface area contributed by atoms with Gasteiger partial charge in [0.1, 0.15) is 23.0 Å². The molecule has 9 nitrogen and oxygen atoms in total. The van der Waals surface area contributed by atoms with Gasteiger partial charge in [-0.1, -0.05) is 0 Å². The van der Waals surface area contributed by atoms with Crippen molar-refractivity contribution in [3.8, 4) is 0 Å². The number of carbonyl (C=O) groups is 3. The Morgan fingerprint density at radius 2 is 1.93 bits per heavy atom. The molecule has 0 aliphatic carbocycles. The summed E-state index contributed by atoms with van der Waals surface area (Å²) in [6, 6.07) is -0.587. The molecule has 0 spiro atoms. The molecule has 1 rings (SSSR count). The van der Waals surface area contributed by atoms with Gasteiger partial charge in [0, 0.05) is 18.1 Å². The lowest BCUT2D eigenvalue weighted by atomic mass is 9.96. The molecule has 0 aliphatic rings. The number of carbonyl (C=O) groups excluding carboxylic acids is 3. The lowest BCUT2D eigenvalue weighted by Crippen LogP contribution is -2.43. The molecule has 1 atom stereocenters. The fourth-order valence-electron chi connectivity index (χ4n) is 2.35. The van der Waals surface area contributed by atoms with E-state index < -0.39 is 57.2 Å². The summed E-state index contributed by atoms with van der Waals surface area (Å²) in [6.45, 7) is 6.05. The van der Waals surface area contributed by atoms with Gasteiger partial charge in [-0.15, -0.1) is 12.6 Å². The number of hydrogen-bond acceptors (Lipinski definition) is 7. The monoisotopic (exact) mass is 416 g/mol. The van der Waals surface area contributed by atoms with E-state index in [0.717, 1.165) is 13.2 Å². The van der Waals surface area contributed by atoms with E-state index in [2.05, 4.69) is 22.7 Å². The lowest BCUT2D eigenvalue weighted by molar-refractivity contribution is -0.385. The predicted molar refractivity (Wildman–Crippen MR) is 100.0 cm³/mol. The fraction of sp³-hybridized carbons (Fsp3) is 0.471. The summed E-state index contributed by atoms with van der Waals surface area (Å²) >= 11 is 3.68. The molecular weight excluding hydrogens is 395 g/mol. The zero-order valence-electron chi connectivity index (χ0n) is 16.0. The number of nitrogens with one attached hydrogen (secondary N) is 1. The highest BCUT2D eigenvalue weighted by Crippen LogP contribution is 2.29. The third-order valence-corrected chi connectivity index (χ3v) is 3.92. The second kappa shape index (κ2) is 9.00. The summed E-state index contributed by atoms with van der Waals surface area (Å²) in [5.41, 5.74) is -2.43. The van der Waals surface area contributed by atoms with E-state index in [1.54, 1.807) is 20.8 Å². The molecular formula is C17H21FN2O7S. The maximum atomic E-state index is 14.5. The Morgan fingerprint density at radius 3 is 2.36 bits per heavy atom. The van der Waals surface area contributed by atoms with E-state index >= 15 is 0 Å². The molecule has 0 bridgehead atoms. The van der Waals surface area contributed by atoms with Crippen LogP contribution < -0.4 is 5.32 Å². The highest BCUT2D eigenvalue weighted by Gasteiger charge is 2.30. The Labute approximate surface area is 166 Å². The average molecular weight is 416 g/mol. The minimum atomic E-state index is -1.32. The first-order valence-corrected chi connectivity index (χ1v) is 8.50. The number of rotatable bonds is 6. The quantitative estimate of drug-likeness (QED) is 0.316. The van der Waals surface area contributed by atoms with Crippen molar-refractivity contribution in [2.45, 2.75) is 45.8 Å². The molecule has 154 valence electrons. The highest BCUT2D eigenvalue weighted by molar-refractivity contribution is 7.96. The van der Waals surface area contributed by atoms with E-state index in [1.165, 1.54) is 6.92 Å². The van der Waals surface area contributed by atoms with Crippen LogP contribution in [0.2, 0.25) is 0 Å². The van der Waals surface area contributed by atoms with Gasteiger partial charge < -0.3 is 14.8 Å². The molecule has 0 fully saturated rings. The van der Waals surface area contributed by atoms with Crippen molar-refractivity contribution in [1.29, 1.82) is 0 Å². The number of esters is 1. The van der Waals surface area contributed by atoms with E-state index in [4.69, 9.17) is 4.74 Å². The van der Waals surface area contributed by atoms with Crippen molar-refractivity contribution < 1.29 is 33.2 Å². The van der Waals surface area contributed by atoms with Crippen LogP contribution in [0.1, 0.15) is 42.3 Å². The number of nitro groups is 1. The first kappa shape index (κ1) is 23.3. The number of thiol groups is 1. The van der Waals surface area contributed by atoms with Gasteiger partial charge in [-0.25, -0.2) is 14.0 Å². The van der Waals surface area contributed by atoms with E-state index in [-0.39, 0.29) is 11.1 Å². The smallest absolute Gasteiger partial charge is 0.408 e. The number of amides is 1. The van der Waals surface area contributed by atoms with Crippen LogP contribution in [0.4, 0.5) is 14.9 Å². The molecule has 0 heterocycles. The van der Waals surface area contributed by atoms with Crippen LogP contribution in [-0.2, 0) is 20.7 Å². The fourth-order valence-corrected chi connectivity index (χ4v) is 2.50. The minimum absolute atomic E-state index is 0.168. The van der Waals surface area contributed by atoms with Crippen LogP contribution in [0, 0.1) is 22.9 Å². The normalized spacial score (nSPS) is 12.1. The standard InChI is InChI=1S/C17H21FN2O7S/c1-8-9(6-11(15(22)28)19-16(23)27-17(2,3)4)12(20(24)25)7-10(13(8)18)14(21)26-5/h7,11H,6H2,1-5H3,(H,19,23)(H,22,28)/t11-/m1/s1. The number of halogens is 1.